The van der Waals surface area contributed by atoms with Crippen molar-refractivity contribution in [2.75, 3.05) is 0 Å². The molecule has 0 saturated heterocycles. The van der Waals surface area contributed by atoms with E-state index in [-0.39, 0.29) is 0 Å². The van der Waals surface area contributed by atoms with Gasteiger partial charge in [-0.1, -0.05) is 164 Å². The lowest BCUT2D eigenvalue weighted by atomic mass is 9.90. The molecular formula is C46H28N2. The Kier molecular flexibility index (Phi) is 5.91. The Balaban J connectivity index is 1.39. The molecule has 0 aliphatic carbocycles. The second kappa shape index (κ2) is 10.6. The number of hydrogen-bond acceptors (Lipinski definition) is 2. The molecule has 10 aromatic rings. The van der Waals surface area contributed by atoms with Gasteiger partial charge in [0.05, 0.1) is 22.4 Å². The van der Waals surface area contributed by atoms with E-state index in [9.17, 15) is 0 Å². The number of benzene rings is 9. The summed E-state index contributed by atoms with van der Waals surface area (Å²) in [6, 6.07) is 60.7. The van der Waals surface area contributed by atoms with Crippen molar-refractivity contribution in [2.24, 2.45) is 0 Å². The highest BCUT2D eigenvalue weighted by atomic mass is 14.8. The van der Waals surface area contributed by atoms with Crippen LogP contribution >= 0.6 is 0 Å². The first-order valence-electron chi connectivity index (χ1n) is 16.4. The summed E-state index contributed by atoms with van der Waals surface area (Å²) < 4.78 is 0. The first-order valence-corrected chi connectivity index (χ1v) is 16.4. The zero-order chi connectivity index (χ0) is 31.6. The summed E-state index contributed by atoms with van der Waals surface area (Å²) in [5.41, 5.74) is 8.06. The van der Waals surface area contributed by atoms with Crippen LogP contribution in [0.4, 0.5) is 0 Å². The van der Waals surface area contributed by atoms with Gasteiger partial charge in [0.25, 0.3) is 0 Å². The van der Waals surface area contributed by atoms with Gasteiger partial charge in [-0.25, -0.2) is 9.97 Å². The molecule has 0 bridgehead atoms. The van der Waals surface area contributed by atoms with Crippen LogP contribution in [0.15, 0.2) is 170 Å². The number of nitrogens with zero attached hydrogens (tertiary/aromatic N) is 2. The van der Waals surface area contributed by atoms with Gasteiger partial charge in [0.15, 0.2) is 0 Å². The van der Waals surface area contributed by atoms with Crippen molar-refractivity contribution in [1.82, 2.24) is 9.97 Å². The Morgan fingerprint density at radius 3 is 1.52 bits per heavy atom. The van der Waals surface area contributed by atoms with Crippen molar-refractivity contribution >= 4 is 64.9 Å². The van der Waals surface area contributed by atoms with Crippen LogP contribution in [0.2, 0.25) is 0 Å². The van der Waals surface area contributed by atoms with Gasteiger partial charge in [-0.15, -0.1) is 0 Å². The quantitative estimate of drug-likeness (QED) is 0.187. The number of fused-ring (bicyclic) bond motifs is 11. The van der Waals surface area contributed by atoms with Crippen LogP contribution in [0.25, 0.3) is 98.5 Å². The zero-order valence-corrected chi connectivity index (χ0v) is 26.1. The molecule has 0 N–H and O–H groups in total. The van der Waals surface area contributed by atoms with Gasteiger partial charge in [-0.05, 0) is 60.3 Å². The molecule has 9 aromatic carbocycles. The van der Waals surface area contributed by atoms with Gasteiger partial charge in [-0.3, -0.25) is 0 Å². The largest absolute Gasteiger partial charge is 0.243 e. The van der Waals surface area contributed by atoms with Crippen molar-refractivity contribution in [3.63, 3.8) is 0 Å². The fourth-order valence-electron chi connectivity index (χ4n) is 7.60. The first kappa shape index (κ1) is 26.8. The summed E-state index contributed by atoms with van der Waals surface area (Å²) in [7, 11) is 0. The van der Waals surface area contributed by atoms with Crippen LogP contribution in [-0.2, 0) is 0 Å². The molecule has 0 atom stereocenters. The minimum absolute atomic E-state index is 0.880. The first-order chi connectivity index (χ1) is 23.8. The lowest BCUT2D eigenvalue weighted by Gasteiger charge is -2.17. The molecular weight excluding hydrogens is 581 g/mol. The molecule has 2 nitrogen and oxygen atoms in total. The van der Waals surface area contributed by atoms with E-state index in [2.05, 4.69) is 170 Å². The van der Waals surface area contributed by atoms with Crippen LogP contribution in [-0.4, -0.2) is 9.97 Å². The smallest absolute Gasteiger partial charge is 0.0979 e. The summed E-state index contributed by atoms with van der Waals surface area (Å²) in [6.45, 7) is 0. The Morgan fingerprint density at radius 2 is 0.792 bits per heavy atom. The van der Waals surface area contributed by atoms with Crippen LogP contribution in [0.5, 0.6) is 0 Å². The van der Waals surface area contributed by atoms with E-state index in [4.69, 9.17) is 9.97 Å². The van der Waals surface area contributed by atoms with E-state index in [1.807, 2.05) is 0 Å². The van der Waals surface area contributed by atoms with Crippen LogP contribution in [0, 0.1) is 0 Å². The van der Waals surface area contributed by atoms with Crippen molar-refractivity contribution in [3.05, 3.63) is 170 Å². The van der Waals surface area contributed by atoms with Crippen LogP contribution < -0.4 is 0 Å². The normalized spacial score (nSPS) is 11.8. The third-order valence-electron chi connectivity index (χ3n) is 9.80. The summed E-state index contributed by atoms with van der Waals surface area (Å²) in [6.07, 6.45) is 0. The van der Waals surface area contributed by atoms with Crippen molar-refractivity contribution in [2.45, 2.75) is 0 Å². The topological polar surface area (TPSA) is 25.8 Å². The number of rotatable bonds is 3. The molecule has 1 heterocycles. The molecule has 0 unspecified atom stereocenters. The molecule has 0 fully saturated rings. The fourth-order valence-corrected chi connectivity index (χ4v) is 7.60. The minimum Gasteiger partial charge on any atom is -0.243 e. The SMILES string of the molecule is c1ccc(-c2cccc(-c3nc4c5ccccc5c5ccccc5c4nc3-c3cccc4ccc5ccc6ccccc6c5c34)c2)cc1. The van der Waals surface area contributed by atoms with Gasteiger partial charge in [0.1, 0.15) is 0 Å². The Morgan fingerprint density at radius 1 is 0.292 bits per heavy atom. The minimum atomic E-state index is 0.880. The highest BCUT2D eigenvalue weighted by molar-refractivity contribution is 6.26. The van der Waals surface area contributed by atoms with E-state index in [0.717, 1.165) is 49.9 Å². The zero-order valence-electron chi connectivity index (χ0n) is 26.1. The van der Waals surface area contributed by atoms with Gasteiger partial charge < -0.3 is 0 Å². The van der Waals surface area contributed by atoms with E-state index in [0.29, 0.717) is 0 Å². The molecule has 0 spiro atoms. The Labute approximate surface area is 277 Å². The predicted molar refractivity (Wildman–Crippen MR) is 203 cm³/mol. The number of hydrogen-bond donors (Lipinski definition) is 0. The van der Waals surface area contributed by atoms with Gasteiger partial charge in [0.2, 0.25) is 0 Å². The number of aromatic nitrogens is 2. The molecule has 48 heavy (non-hydrogen) atoms. The summed E-state index contributed by atoms with van der Waals surface area (Å²) in [4.78, 5) is 11.3. The van der Waals surface area contributed by atoms with Gasteiger partial charge in [-0.2, -0.15) is 0 Å². The third-order valence-corrected chi connectivity index (χ3v) is 9.80. The fraction of sp³-hybridized carbons (Fsp3) is 0. The summed E-state index contributed by atoms with van der Waals surface area (Å²) in [5.74, 6) is 0. The maximum atomic E-state index is 5.68. The second-order valence-corrected chi connectivity index (χ2v) is 12.5. The highest BCUT2D eigenvalue weighted by Gasteiger charge is 2.21. The predicted octanol–water partition coefficient (Wildman–Crippen LogP) is 12.4. The molecule has 2 heteroatoms. The molecule has 0 radical (unpaired) electrons. The van der Waals surface area contributed by atoms with E-state index < -0.39 is 0 Å². The van der Waals surface area contributed by atoms with E-state index >= 15 is 0 Å². The molecule has 10 rings (SSSR count). The Hall–Kier alpha value is -6.38. The lowest BCUT2D eigenvalue weighted by molar-refractivity contribution is 1.31. The molecule has 0 aliphatic heterocycles. The van der Waals surface area contributed by atoms with Gasteiger partial charge in [0, 0.05) is 21.9 Å². The van der Waals surface area contributed by atoms with Crippen LogP contribution in [0.1, 0.15) is 0 Å². The average Bonchev–Trinajstić information content (AvgIpc) is 3.17. The Bertz CT molecular complexity index is 2880. The average molecular weight is 609 g/mol. The molecule has 0 saturated carbocycles. The van der Waals surface area contributed by atoms with E-state index in [1.54, 1.807) is 0 Å². The van der Waals surface area contributed by atoms with E-state index in [1.165, 1.54) is 48.7 Å². The molecule has 0 aliphatic rings. The van der Waals surface area contributed by atoms with Crippen LogP contribution in [0.3, 0.4) is 0 Å². The molecule has 1 aromatic heterocycles. The molecule has 0 amide bonds. The monoisotopic (exact) mass is 608 g/mol. The standard InChI is InChI=1S/C46H28N2/c1-2-12-29(13-3-1)33-16-10-17-34(28-33)43-46(48-45-39-22-9-7-20-37(39)36-19-6-8-21-38(36)44(45)47-43)40-23-11-15-31-26-27-32-25-24-30-14-4-5-18-35(30)41(32)42(31)40/h1-28H. The maximum Gasteiger partial charge on any atom is 0.0979 e. The van der Waals surface area contributed by atoms with Crippen molar-refractivity contribution in [3.8, 4) is 33.6 Å². The van der Waals surface area contributed by atoms with Crippen molar-refractivity contribution in [1.29, 1.82) is 0 Å². The maximum absolute atomic E-state index is 5.68. The van der Waals surface area contributed by atoms with Crippen molar-refractivity contribution < 1.29 is 0 Å². The second-order valence-electron chi connectivity index (χ2n) is 12.5. The van der Waals surface area contributed by atoms with Gasteiger partial charge >= 0.3 is 0 Å². The summed E-state index contributed by atoms with van der Waals surface area (Å²) >= 11 is 0. The summed E-state index contributed by atoms with van der Waals surface area (Å²) in [5, 5.41) is 11.9. The highest BCUT2D eigenvalue weighted by Crippen LogP contribution is 2.43. The lowest BCUT2D eigenvalue weighted by Crippen LogP contribution is -1.98. The third kappa shape index (κ3) is 4.06. The molecule has 222 valence electrons.